The summed E-state index contributed by atoms with van der Waals surface area (Å²) in [5.41, 5.74) is 6.97. The molecule has 4 aromatic carbocycles. The molecule has 0 saturated carbocycles. The highest BCUT2D eigenvalue weighted by Gasteiger charge is 2.16. The number of aromatic nitrogens is 2. The molecule has 5 heteroatoms. The predicted molar refractivity (Wildman–Crippen MR) is 149 cm³/mol. The normalized spacial score (nSPS) is 10.9. The van der Waals surface area contributed by atoms with E-state index >= 15 is 0 Å². The average molecular weight is 499 g/mol. The van der Waals surface area contributed by atoms with Gasteiger partial charge in [-0.25, -0.2) is 14.8 Å². The van der Waals surface area contributed by atoms with E-state index in [1.54, 1.807) is 0 Å². The molecule has 4 nitrogen and oxygen atoms in total. The van der Waals surface area contributed by atoms with Crippen LogP contribution in [0.4, 0.5) is 0 Å². The number of nitrogens with zero attached hydrogens (tertiary/aromatic N) is 2. The smallest absolute Gasteiger partial charge is 0.339 e. The van der Waals surface area contributed by atoms with E-state index in [0.717, 1.165) is 49.6 Å². The van der Waals surface area contributed by atoms with Crippen LogP contribution in [0.3, 0.4) is 0 Å². The van der Waals surface area contributed by atoms with E-state index in [4.69, 9.17) is 9.72 Å². The summed E-state index contributed by atoms with van der Waals surface area (Å²) in [7, 11) is 0. The van der Waals surface area contributed by atoms with Gasteiger partial charge in [-0.3, -0.25) is 0 Å². The molecule has 0 N–H and O–H groups in total. The van der Waals surface area contributed by atoms with E-state index in [9.17, 15) is 4.79 Å². The predicted octanol–water partition coefficient (Wildman–Crippen LogP) is 8.05. The summed E-state index contributed by atoms with van der Waals surface area (Å²) < 4.78 is 5.72. The zero-order valence-electron chi connectivity index (χ0n) is 19.9. The van der Waals surface area contributed by atoms with E-state index < -0.39 is 5.97 Å². The maximum Gasteiger partial charge on any atom is 0.339 e. The van der Waals surface area contributed by atoms with Crippen LogP contribution in [0.5, 0.6) is 0 Å². The molecule has 0 amide bonds. The SMILES string of the molecule is O=C(OCc1csc(-c2ccccc2)n1)c1cc(-c2ccc(-c3ccccc3)cc2)nc2ccccc12. The molecule has 0 atom stereocenters. The van der Waals surface area contributed by atoms with Crippen molar-refractivity contribution in [2.75, 3.05) is 0 Å². The van der Waals surface area contributed by atoms with Crippen LogP contribution in [0.25, 0.3) is 43.9 Å². The first-order chi connectivity index (χ1) is 18.2. The number of carbonyl (C=O) groups excluding carboxylic acids is 1. The number of fused-ring (bicyclic) bond motifs is 1. The molecule has 37 heavy (non-hydrogen) atoms. The van der Waals surface area contributed by atoms with Gasteiger partial charge in [0.1, 0.15) is 11.6 Å². The number of para-hydroxylation sites is 1. The van der Waals surface area contributed by atoms with Crippen LogP contribution in [0.1, 0.15) is 16.1 Å². The lowest BCUT2D eigenvalue weighted by Gasteiger charge is -2.10. The summed E-state index contributed by atoms with van der Waals surface area (Å²) in [5, 5.41) is 3.60. The molecule has 2 heterocycles. The third kappa shape index (κ3) is 4.90. The van der Waals surface area contributed by atoms with Gasteiger partial charge < -0.3 is 4.74 Å². The largest absolute Gasteiger partial charge is 0.456 e. The Balaban J connectivity index is 1.27. The van der Waals surface area contributed by atoms with Crippen molar-refractivity contribution in [1.82, 2.24) is 9.97 Å². The van der Waals surface area contributed by atoms with Crippen LogP contribution in [-0.2, 0) is 11.3 Å². The van der Waals surface area contributed by atoms with Crippen molar-refractivity contribution in [3.63, 3.8) is 0 Å². The Labute approximate surface area is 218 Å². The lowest BCUT2D eigenvalue weighted by Crippen LogP contribution is -2.07. The van der Waals surface area contributed by atoms with Crippen LogP contribution in [0.15, 0.2) is 121 Å². The minimum atomic E-state index is -0.394. The van der Waals surface area contributed by atoms with E-state index in [-0.39, 0.29) is 6.61 Å². The van der Waals surface area contributed by atoms with Crippen LogP contribution in [0.2, 0.25) is 0 Å². The third-order valence-electron chi connectivity index (χ3n) is 6.15. The van der Waals surface area contributed by atoms with Crippen molar-refractivity contribution in [1.29, 1.82) is 0 Å². The topological polar surface area (TPSA) is 52.1 Å². The highest BCUT2D eigenvalue weighted by Crippen LogP contribution is 2.29. The molecule has 0 aliphatic carbocycles. The summed E-state index contributed by atoms with van der Waals surface area (Å²) in [6, 6.07) is 37.9. The second-order valence-corrected chi connectivity index (χ2v) is 9.46. The lowest BCUT2D eigenvalue weighted by atomic mass is 10.0. The van der Waals surface area contributed by atoms with Gasteiger partial charge in [-0.2, -0.15) is 0 Å². The van der Waals surface area contributed by atoms with Gasteiger partial charge in [-0.05, 0) is 23.3 Å². The number of pyridine rings is 1. The molecular formula is C32H22N2O2S. The second-order valence-electron chi connectivity index (χ2n) is 8.60. The fourth-order valence-electron chi connectivity index (χ4n) is 4.26. The fourth-order valence-corrected chi connectivity index (χ4v) is 5.07. The minimum Gasteiger partial charge on any atom is -0.456 e. The van der Waals surface area contributed by atoms with Gasteiger partial charge in [0.15, 0.2) is 0 Å². The molecule has 0 saturated heterocycles. The standard InChI is InChI=1S/C32H22N2O2S/c35-32(36-20-26-21-37-31(33-26)25-11-5-2-6-12-25)28-19-30(34-29-14-8-7-13-27(28)29)24-17-15-23(16-18-24)22-9-3-1-4-10-22/h1-19,21H,20H2. The van der Waals surface area contributed by atoms with E-state index in [0.29, 0.717) is 5.56 Å². The molecule has 0 unspecified atom stereocenters. The van der Waals surface area contributed by atoms with Crippen LogP contribution >= 0.6 is 11.3 Å². The Hall–Kier alpha value is -4.61. The number of esters is 1. The van der Waals surface area contributed by atoms with Crippen LogP contribution in [0, 0.1) is 0 Å². The lowest BCUT2D eigenvalue weighted by molar-refractivity contribution is 0.0471. The van der Waals surface area contributed by atoms with Crippen LogP contribution in [-0.4, -0.2) is 15.9 Å². The molecule has 0 fully saturated rings. The number of carbonyl (C=O) groups is 1. The quantitative estimate of drug-likeness (QED) is 0.218. The summed E-state index contributed by atoms with van der Waals surface area (Å²) in [6.45, 7) is 0.111. The Bertz CT molecular complexity index is 1680. The average Bonchev–Trinajstić information content (AvgIpc) is 3.45. The first kappa shape index (κ1) is 22.8. The number of hydrogen-bond donors (Lipinski definition) is 0. The molecule has 0 aliphatic rings. The molecule has 0 bridgehead atoms. The summed E-state index contributed by atoms with van der Waals surface area (Å²) in [4.78, 5) is 22.7. The minimum absolute atomic E-state index is 0.111. The fraction of sp³-hybridized carbons (Fsp3) is 0.0312. The van der Waals surface area contributed by atoms with Crippen molar-refractivity contribution < 1.29 is 9.53 Å². The molecular weight excluding hydrogens is 476 g/mol. The van der Waals surface area contributed by atoms with Crippen molar-refractivity contribution in [3.05, 3.63) is 132 Å². The van der Waals surface area contributed by atoms with E-state index in [2.05, 4.69) is 29.2 Å². The Kier molecular flexibility index (Phi) is 6.28. The van der Waals surface area contributed by atoms with Gasteiger partial charge >= 0.3 is 5.97 Å². The summed E-state index contributed by atoms with van der Waals surface area (Å²) in [5.74, 6) is -0.394. The Morgan fingerprint density at radius 2 is 1.30 bits per heavy atom. The molecule has 0 spiro atoms. The number of benzene rings is 4. The zero-order valence-corrected chi connectivity index (χ0v) is 20.7. The van der Waals surface area contributed by atoms with Gasteiger partial charge in [0, 0.05) is 21.9 Å². The molecule has 0 aliphatic heterocycles. The third-order valence-corrected chi connectivity index (χ3v) is 7.09. The van der Waals surface area contributed by atoms with Crippen molar-refractivity contribution >= 4 is 28.2 Å². The molecule has 6 rings (SSSR count). The second kappa shape index (κ2) is 10.2. The summed E-state index contributed by atoms with van der Waals surface area (Å²) >= 11 is 1.54. The Morgan fingerprint density at radius 3 is 2.05 bits per heavy atom. The maximum atomic E-state index is 13.3. The van der Waals surface area contributed by atoms with E-state index in [1.165, 1.54) is 11.3 Å². The van der Waals surface area contributed by atoms with Crippen LogP contribution < -0.4 is 0 Å². The maximum absolute atomic E-state index is 13.3. The van der Waals surface area contributed by atoms with Crippen molar-refractivity contribution in [2.24, 2.45) is 0 Å². The molecule has 178 valence electrons. The highest BCUT2D eigenvalue weighted by molar-refractivity contribution is 7.13. The van der Waals surface area contributed by atoms with Crippen molar-refractivity contribution in [3.8, 4) is 33.0 Å². The highest BCUT2D eigenvalue weighted by atomic mass is 32.1. The molecule has 2 aromatic heterocycles. The van der Waals surface area contributed by atoms with Gasteiger partial charge in [-0.15, -0.1) is 11.3 Å². The van der Waals surface area contributed by atoms with Gasteiger partial charge in [0.2, 0.25) is 0 Å². The zero-order chi connectivity index (χ0) is 25.0. The van der Waals surface area contributed by atoms with Gasteiger partial charge in [0.05, 0.1) is 22.5 Å². The number of thiazole rings is 1. The summed E-state index contributed by atoms with van der Waals surface area (Å²) in [6.07, 6.45) is 0. The number of ether oxygens (including phenoxy) is 1. The van der Waals surface area contributed by atoms with E-state index in [1.807, 2.05) is 96.4 Å². The Morgan fingerprint density at radius 1 is 0.676 bits per heavy atom. The monoisotopic (exact) mass is 498 g/mol. The first-order valence-corrected chi connectivity index (χ1v) is 12.9. The molecule has 6 aromatic rings. The van der Waals surface area contributed by atoms with Crippen molar-refractivity contribution in [2.45, 2.75) is 6.61 Å². The van der Waals surface area contributed by atoms with Gasteiger partial charge in [-0.1, -0.05) is 103 Å². The number of rotatable bonds is 6. The molecule has 0 radical (unpaired) electrons. The first-order valence-electron chi connectivity index (χ1n) is 12.0. The number of hydrogen-bond acceptors (Lipinski definition) is 5. The van der Waals surface area contributed by atoms with Gasteiger partial charge in [0.25, 0.3) is 0 Å².